The molecule has 0 saturated carbocycles. The van der Waals surface area contributed by atoms with E-state index in [9.17, 15) is 4.79 Å². The van der Waals surface area contributed by atoms with E-state index in [0.717, 1.165) is 22.6 Å². The number of ether oxygens (including phenoxy) is 1. The lowest BCUT2D eigenvalue weighted by atomic mass is 10.1. The monoisotopic (exact) mass is 316 g/mol. The third-order valence-electron chi connectivity index (χ3n) is 3.03. The highest BCUT2D eigenvalue weighted by Crippen LogP contribution is 2.17. The number of amides is 1. The Labute approximate surface area is 132 Å². The molecule has 0 fully saturated rings. The number of hydrogen-bond acceptors (Lipinski definition) is 4. The molecule has 0 aliphatic rings. The van der Waals surface area contributed by atoms with Crippen LogP contribution in [0.2, 0.25) is 0 Å². The van der Waals surface area contributed by atoms with Gasteiger partial charge in [0.15, 0.2) is 0 Å². The van der Waals surface area contributed by atoms with Crippen molar-refractivity contribution in [2.24, 2.45) is 5.11 Å². The lowest BCUT2D eigenvalue weighted by Gasteiger charge is -2.05. The molecule has 0 unspecified atom stereocenters. The van der Waals surface area contributed by atoms with Crippen LogP contribution in [-0.2, 0) is 13.0 Å². The first-order valence-corrected chi connectivity index (χ1v) is 7.55. The lowest BCUT2D eigenvalue weighted by molar-refractivity contribution is 0.0958. The van der Waals surface area contributed by atoms with Crippen molar-refractivity contribution < 1.29 is 9.53 Å². The molecule has 0 bridgehead atoms. The number of carbonyl (C=O) groups excluding carboxylic acids is 1. The van der Waals surface area contributed by atoms with Gasteiger partial charge in [-0.3, -0.25) is 4.79 Å². The minimum absolute atomic E-state index is 0.106. The molecule has 22 heavy (non-hydrogen) atoms. The summed E-state index contributed by atoms with van der Waals surface area (Å²) in [5.74, 6) is 0.713. The minimum atomic E-state index is -0.106. The average Bonchev–Trinajstić information content (AvgIpc) is 3.02. The molecule has 114 valence electrons. The van der Waals surface area contributed by atoms with Gasteiger partial charge in [0, 0.05) is 16.3 Å². The third kappa shape index (κ3) is 4.51. The van der Waals surface area contributed by atoms with Gasteiger partial charge < -0.3 is 10.1 Å². The van der Waals surface area contributed by atoms with Crippen molar-refractivity contribution in [2.75, 3.05) is 13.7 Å². The molecule has 6 nitrogen and oxygen atoms in total. The fourth-order valence-corrected chi connectivity index (χ4v) is 2.73. The van der Waals surface area contributed by atoms with E-state index < -0.39 is 0 Å². The fraction of sp³-hybridized carbons (Fsp3) is 0.267. The van der Waals surface area contributed by atoms with Crippen molar-refractivity contribution in [1.82, 2.24) is 5.32 Å². The van der Waals surface area contributed by atoms with Crippen LogP contribution in [0.25, 0.3) is 10.4 Å². The molecular formula is C15H16N4O2S. The Morgan fingerprint density at radius 1 is 1.32 bits per heavy atom. The van der Waals surface area contributed by atoms with E-state index in [4.69, 9.17) is 10.3 Å². The highest BCUT2D eigenvalue weighted by molar-refractivity contribution is 7.14. The first-order valence-electron chi connectivity index (χ1n) is 6.73. The Morgan fingerprint density at radius 3 is 2.77 bits per heavy atom. The summed E-state index contributed by atoms with van der Waals surface area (Å²) in [5.41, 5.74) is 9.41. The van der Waals surface area contributed by atoms with Crippen LogP contribution in [0.3, 0.4) is 0 Å². The molecule has 0 saturated heterocycles. The van der Waals surface area contributed by atoms with Crippen LogP contribution < -0.4 is 10.1 Å². The number of azide groups is 1. The van der Waals surface area contributed by atoms with Crippen LogP contribution in [0.15, 0.2) is 41.5 Å². The van der Waals surface area contributed by atoms with Crippen LogP contribution >= 0.6 is 11.3 Å². The third-order valence-corrected chi connectivity index (χ3v) is 4.10. The fourth-order valence-electron chi connectivity index (χ4n) is 1.89. The van der Waals surface area contributed by atoms with Crippen LogP contribution in [0.4, 0.5) is 0 Å². The van der Waals surface area contributed by atoms with Crippen molar-refractivity contribution >= 4 is 17.2 Å². The van der Waals surface area contributed by atoms with E-state index in [0.29, 0.717) is 11.4 Å². The average molecular weight is 316 g/mol. The zero-order valence-corrected chi connectivity index (χ0v) is 13.0. The van der Waals surface area contributed by atoms with E-state index in [1.165, 1.54) is 11.3 Å². The molecule has 2 rings (SSSR count). The van der Waals surface area contributed by atoms with Crippen molar-refractivity contribution in [3.8, 4) is 5.75 Å². The molecule has 7 heteroatoms. The van der Waals surface area contributed by atoms with E-state index in [2.05, 4.69) is 15.3 Å². The Bertz CT molecular complexity index is 675. The predicted molar refractivity (Wildman–Crippen MR) is 86.2 cm³/mol. The molecule has 0 spiro atoms. The molecule has 1 amide bonds. The smallest absolute Gasteiger partial charge is 0.261 e. The maximum absolute atomic E-state index is 12.0. The summed E-state index contributed by atoms with van der Waals surface area (Å²) in [6.07, 6.45) is 0.757. The number of rotatable bonds is 7. The van der Waals surface area contributed by atoms with Gasteiger partial charge in [0.2, 0.25) is 0 Å². The van der Waals surface area contributed by atoms with Gasteiger partial charge in [0.05, 0.1) is 18.5 Å². The Balaban J connectivity index is 1.81. The van der Waals surface area contributed by atoms with Gasteiger partial charge in [-0.25, -0.2) is 0 Å². The standard InChI is InChI=1S/C15H16N4O2S/c1-21-12-4-2-11(3-5-12)8-9-17-15(20)14-7-6-13(22-14)10-18-19-16/h2-7H,8-10H2,1H3,(H,17,20). The van der Waals surface area contributed by atoms with Crippen LogP contribution in [0, 0.1) is 0 Å². The van der Waals surface area contributed by atoms with Gasteiger partial charge in [-0.2, -0.15) is 0 Å². The van der Waals surface area contributed by atoms with Crippen LogP contribution in [0.1, 0.15) is 20.1 Å². The number of thiophene rings is 1. The molecule has 0 aliphatic carbocycles. The van der Waals surface area contributed by atoms with Gasteiger partial charge >= 0.3 is 0 Å². The maximum Gasteiger partial charge on any atom is 0.261 e. The quantitative estimate of drug-likeness (QED) is 0.481. The largest absolute Gasteiger partial charge is 0.497 e. The summed E-state index contributed by atoms with van der Waals surface area (Å²) in [7, 11) is 1.63. The van der Waals surface area contributed by atoms with Gasteiger partial charge in [0.1, 0.15) is 5.75 Å². The first kappa shape index (κ1) is 15.9. The van der Waals surface area contributed by atoms with Crippen molar-refractivity contribution in [3.05, 3.63) is 62.2 Å². The van der Waals surface area contributed by atoms with Crippen molar-refractivity contribution in [3.63, 3.8) is 0 Å². The summed E-state index contributed by atoms with van der Waals surface area (Å²) < 4.78 is 5.10. The van der Waals surface area contributed by atoms with E-state index in [1.807, 2.05) is 24.3 Å². The van der Waals surface area contributed by atoms with E-state index in [1.54, 1.807) is 19.2 Å². The van der Waals surface area contributed by atoms with Gasteiger partial charge in [-0.05, 0) is 41.8 Å². The van der Waals surface area contributed by atoms with Crippen LogP contribution in [-0.4, -0.2) is 19.6 Å². The number of hydrogen-bond donors (Lipinski definition) is 1. The molecule has 2 aromatic rings. The van der Waals surface area contributed by atoms with Crippen molar-refractivity contribution in [2.45, 2.75) is 13.0 Å². The number of nitrogens with one attached hydrogen (secondary N) is 1. The summed E-state index contributed by atoms with van der Waals surface area (Å²) in [5, 5.41) is 6.36. The Hall–Kier alpha value is -2.50. The van der Waals surface area contributed by atoms with Gasteiger partial charge in [-0.15, -0.1) is 11.3 Å². The van der Waals surface area contributed by atoms with Gasteiger partial charge in [-0.1, -0.05) is 17.2 Å². The Morgan fingerprint density at radius 2 is 2.09 bits per heavy atom. The van der Waals surface area contributed by atoms with E-state index in [-0.39, 0.29) is 12.5 Å². The normalized spacial score (nSPS) is 9.86. The topological polar surface area (TPSA) is 87.1 Å². The second-order valence-corrected chi connectivity index (χ2v) is 5.68. The maximum atomic E-state index is 12.0. The van der Waals surface area contributed by atoms with Crippen molar-refractivity contribution in [1.29, 1.82) is 0 Å². The zero-order valence-electron chi connectivity index (χ0n) is 12.2. The SMILES string of the molecule is COc1ccc(CCNC(=O)c2ccc(CN=[N+]=[N-])s2)cc1. The molecule has 0 radical (unpaired) electrons. The molecule has 1 aromatic heterocycles. The Kier molecular flexibility index (Phi) is 5.82. The molecule has 0 aliphatic heterocycles. The number of benzene rings is 1. The summed E-state index contributed by atoms with van der Waals surface area (Å²) in [6.45, 7) is 0.842. The zero-order chi connectivity index (χ0) is 15.8. The second-order valence-electron chi connectivity index (χ2n) is 4.51. The predicted octanol–water partition coefficient (Wildman–Crippen LogP) is 3.54. The molecule has 1 N–H and O–H groups in total. The minimum Gasteiger partial charge on any atom is -0.497 e. The summed E-state index contributed by atoms with van der Waals surface area (Å²) >= 11 is 1.34. The number of carbonyl (C=O) groups is 1. The molecule has 1 aromatic carbocycles. The van der Waals surface area contributed by atoms with Gasteiger partial charge in [0.25, 0.3) is 5.91 Å². The van der Waals surface area contributed by atoms with E-state index >= 15 is 0 Å². The summed E-state index contributed by atoms with van der Waals surface area (Å²) in [6, 6.07) is 11.3. The van der Waals surface area contributed by atoms with Crippen LogP contribution in [0.5, 0.6) is 5.75 Å². The second kappa shape index (κ2) is 8.07. The highest BCUT2D eigenvalue weighted by atomic mass is 32.1. The number of methoxy groups -OCH3 is 1. The number of nitrogens with zero attached hydrogens (tertiary/aromatic N) is 3. The highest BCUT2D eigenvalue weighted by Gasteiger charge is 2.08. The molecular weight excluding hydrogens is 300 g/mol. The molecule has 1 heterocycles. The summed E-state index contributed by atoms with van der Waals surface area (Å²) in [4.78, 5) is 16.2. The first-order chi connectivity index (χ1) is 10.7. The molecule has 0 atom stereocenters. The lowest BCUT2D eigenvalue weighted by Crippen LogP contribution is -2.24.